The summed E-state index contributed by atoms with van der Waals surface area (Å²) in [5, 5.41) is 3.80. The molecule has 1 aliphatic carbocycles. The minimum absolute atomic E-state index is 0.346. The highest BCUT2D eigenvalue weighted by molar-refractivity contribution is 4.91. The van der Waals surface area contributed by atoms with Gasteiger partial charge in [0.25, 0.3) is 0 Å². The Balaban J connectivity index is 1.66. The van der Waals surface area contributed by atoms with Gasteiger partial charge in [0.05, 0.1) is 0 Å². The zero-order valence-electron chi connectivity index (χ0n) is 12.4. The number of rotatable bonds is 3. The monoisotopic (exact) mass is 250 g/mol. The zero-order chi connectivity index (χ0) is 13.0. The number of allylic oxidation sites excluding steroid dienone is 2. The molecule has 2 aliphatic rings. The highest BCUT2D eigenvalue weighted by Crippen LogP contribution is 2.21. The second-order valence-electron chi connectivity index (χ2n) is 6.99. The molecule has 0 amide bonds. The average molecular weight is 250 g/mol. The highest BCUT2D eigenvalue weighted by Gasteiger charge is 2.26. The van der Waals surface area contributed by atoms with E-state index in [1.165, 1.54) is 51.7 Å². The Bertz CT molecular complexity index is 269. The van der Waals surface area contributed by atoms with Gasteiger partial charge in [-0.3, -0.25) is 4.90 Å². The lowest BCUT2D eigenvalue weighted by molar-refractivity contribution is 0.0953. The Morgan fingerprint density at radius 2 is 1.83 bits per heavy atom. The van der Waals surface area contributed by atoms with E-state index in [0.29, 0.717) is 5.54 Å². The molecule has 0 saturated carbocycles. The van der Waals surface area contributed by atoms with E-state index in [1.54, 1.807) is 0 Å². The molecular weight excluding hydrogens is 220 g/mol. The maximum Gasteiger partial charge on any atom is 0.0125 e. The van der Waals surface area contributed by atoms with Crippen LogP contribution >= 0.6 is 0 Å². The van der Waals surface area contributed by atoms with Gasteiger partial charge < -0.3 is 5.32 Å². The number of nitrogens with zero attached hydrogens (tertiary/aromatic N) is 1. The topological polar surface area (TPSA) is 15.3 Å². The zero-order valence-corrected chi connectivity index (χ0v) is 12.4. The number of piperidine rings is 1. The number of hydrogen-bond donors (Lipinski definition) is 1. The largest absolute Gasteiger partial charge is 0.314 e. The summed E-state index contributed by atoms with van der Waals surface area (Å²) >= 11 is 0. The van der Waals surface area contributed by atoms with Crippen molar-refractivity contribution in [2.24, 2.45) is 5.92 Å². The first-order chi connectivity index (χ1) is 8.55. The first-order valence-corrected chi connectivity index (χ1v) is 7.69. The van der Waals surface area contributed by atoms with Crippen molar-refractivity contribution in [3.05, 3.63) is 12.2 Å². The van der Waals surface area contributed by atoms with E-state index >= 15 is 0 Å². The average Bonchev–Trinajstić information content (AvgIpc) is 2.37. The van der Waals surface area contributed by atoms with Crippen molar-refractivity contribution in [3.63, 3.8) is 0 Å². The minimum atomic E-state index is 0.346. The molecule has 2 nitrogen and oxygen atoms in total. The summed E-state index contributed by atoms with van der Waals surface area (Å²) in [6, 6.07) is 0.759. The van der Waals surface area contributed by atoms with Gasteiger partial charge in [-0.05, 0) is 65.3 Å². The van der Waals surface area contributed by atoms with Crippen LogP contribution in [-0.2, 0) is 0 Å². The standard InChI is InChI=1S/C16H30N2/c1-16(2,3)18-11-9-15(10-12-18)17-13-14-7-5-4-6-8-14/h4-5,14-15,17H,6-13H2,1-3H3. The molecule has 1 heterocycles. The quantitative estimate of drug-likeness (QED) is 0.774. The lowest BCUT2D eigenvalue weighted by Crippen LogP contribution is -2.50. The first kappa shape index (κ1) is 14.1. The smallest absolute Gasteiger partial charge is 0.0125 e. The van der Waals surface area contributed by atoms with Gasteiger partial charge >= 0.3 is 0 Å². The van der Waals surface area contributed by atoms with Crippen molar-refractivity contribution < 1.29 is 0 Å². The van der Waals surface area contributed by atoms with Gasteiger partial charge in [-0.2, -0.15) is 0 Å². The van der Waals surface area contributed by atoms with E-state index in [4.69, 9.17) is 0 Å². The second-order valence-corrected chi connectivity index (χ2v) is 6.99. The van der Waals surface area contributed by atoms with Crippen molar-refractivity contribution in [1.82, 2.24) is 10.2 Å². The molecule has 2 heteroatoms. The third kappa shape index (κ3) is 4.10. The number of likely N-dealkylation sites (tertiary alicyclic amines) is 1. The third-order valence-corrected chi connectivity index (χ3v) is 4.52. The van der Waals surface area contributed by atoms with Crippen molar-refractivity contribution >= 4 is 0 Å². The molecule has 18 heavy (non-hydrogen) atoms. The second kappa shape index (κ2) is 6.21. The van der Waals surface area contributed by atoms with Crippen LogP contribution in [0, 0.1) is 5.92 Å². The summed E-state index contributed by atoms with van der Waals surface area (Å²) in [6.07, 6.45) is 11.3. The fourth-order valence-electron chi connectivity index (χ4n) is 3.13. The van der Waals surface area contributed by atoms with E-state index in [-0.39, 0.29) is 0 Å². The van der Waals surface area contributed by atoms with Gasteiger partial charge in [0.2, 0.25) is 0 Å². The molecule has 1 atom stereocenters. The van der Waals surface area contributed by atoms with Crippen LogP contribution in [0.1, 0.15) is 52.9 Å². The predicted octanol–water partition coefficient (Wildman–Crippen LogP) is 3.20. The van der Waals surface area contributed by atoms with Gasteiger partial charge in [-0.25, -0.2) is 0 Å². The molecule has 0 spiro atoms. The fourth-order valence-corrected chi connectivity index (χ4v) is 3.13. The molecule has 0 aromatic carbocycles. The molecule has 0 bridgehead atoms. The normalized spacial score (nSPS) is 27.6. The molecule has 104 valence electrons. The van der Waals surface area contributed by atoms with Crippen LogP contribution in [0.3, 0.4) is 0 Å². The van der Waals surface area contributed by atoms with Gasteiger partial charge in [0.15, 0.2) is 0 Å². The predicted molar refractivity (Wildman–Crippen MR) is 78.8 cm³/mol. The molecule has 0 aromatic heterocycles. The maximum absolute atomic E-state index is 3.80. The first-order valence-electron chi connectivity index (χ1n) is 7.69. The van der Waals surface area contributed by atoms with E-state index < -0.39 is 0 Å². The van der Waals surface area contributed by atoms with Crippen molar-refractivity contribution in [3.8, 4) is 0 Å². The van der Waals surface area contributed by atoms with Crippen LogP contribution in [0.5, 0.6) is 0 Å². The number of nitrogens with one attached hydrogen (secondary N) is 1. The molecule has 2 rings (SSSR count). The fraction of sp³-hybridized carbons (Fsp3) is 0.875. The van der Waals surface area contributed by atoms with E-state index in [9.17, 15) is 0 Å². The molecule has 0 radical (unpaired) electrons. The third-order valence-electron chi connectivity index (χ3n) is 4.52. The van der Waals surface area contributed by atoms with E-state index in [0.717, 1.165) is 12.0 Å². The highest BCUT2D eigenvalue weighted by atomic mass is 15.2. The Morgan fingerprint density at radius 1 is 1.11 bits per heavy atom. The molecule has 1 N–H and O–H groups in total. The summed E-state index contributed by atoms with van der Waals surface area (Å²) in [5.74, 6) is 0.885. The molecule has 1 saturated heterocycles. The molecule has 1 aliphatic heterocycles. The van der Waals surface area contributed by atoms with Crippen molar-refractivity contribution in [2.45, 2.75) is 64.5 Å². The lowest BCUT2D eigenvalue weighted by Gasteiger charge is -2.41. The Morgan fingerprint density at radius 3 is 2.39 bits per heavy atom. The minimum Gasteiger partial charge on any atom is -0.314 e. The van der Waals surface area contributed by atoms with Crippen LogP contribution in [-0.4, -0.2) is 36.1 Å². The Kier molecular flexibility index (Phi) is 4.85. The van der Waals surface area contributed by atoms with Crippen LogP contribution in [0.25, 0.3) is 0 Å². The lowest BCUT2D eigenvalue weighted by atomic mass is 9.93. The SMILES string of the molecule is CC(C)(C)N1CCC(NCC2CC=CCC2)CC1. The Labute approximate surface area is 113 Å². The maximum atomic E-state index is 3.80. The number of hydrogen-bond acceptors (Lipinski definition) is 2. The van der Waals surface area contributed by atoms with Gasteiger partial charge in [0.1, 0.15) is 0 Å². The molecular formula is C16H30N2. The van der Waals surface area contributed by atoms with Gasteiger partial charge in [-0.15, -0.1) is 0 Å². The summed E-state index contributed by atoms with van der Waals surface area (Å²) in [7, 11) is 0. The van der Waals surface area contributed by atoms with Crippen LogP contribution < -0.4 is 5.32 Å². The van der Waals surface area contributed by atoms with E-state index in [1.807, 2.05) is 0 Å². The van der Waals surface area contributed by atoms with Crippen LogP contribution in [0.4, 0.5) is 0 Å². The molecule has 0 aromatic rings. The Hall–Kier alpha value is -0.340. The summed E-state index contributed by atoms with van der Waals surface area (Å²) in [4.78, 5) is 2.62. The van der Waals surface area contributed by atoms with Gasteiger partial charge in [-0.1, -0.05) is 12.2 Å². The summed E-state index contributed by atoms with van der Waals surface area (Å²) in [5.41, 5.74) is 0.346. The summed E-state index contributed by atoms with van der Waals surface area (Å²) < 4.78 is 0. The van der Waals surface area contributed by atoms with Gasteiger partial charge in [0, 0.05) is 24.7 Å². The van der Waals surface area contributed by atoms with Crippen molar-refractivity contribution in [2.75, 3.05) is 19.6 Å². The van der Waals surface area contributed by atoms with Crippen LogP contribution in [0.15, 0.2) is 12.2 Å². The molecule has 1 unspecified atom stereocenters. The summed E-state index contributed by atoms with van der Waals surface area (Å²) in [6.45, 7) is 10.7. The van der Waals surface area contributed by atoms with E-state index in [2.05, 4.69) is 43.1 Å². The van der Waals surface area contributed by atoms with Crippen LogP contribution in [0.2, 0.25) is 0 Å². The molecule has 1 fully saturated rings. The van der Waals surface area contributed by atoms with Crippen molar-refractivity contribution in [1.29, 1.82) is 0 Å².